The van der Waals surface area contributed by atoms with Crippen LogP contribution in [0.5, 0.6) is 0 Å². The summed E-state index contributed by atoms with van der Waals surface area (Å²) in [6, 6.07) is 13.6. The lowest BCUT2D eigenvalue weighted by molar-refractivity contribution is 0.146. The van der Waals surface area contributed by atoms with Gasteiger partial charge in [0.1, 0.15) is 5.82 Å². The Labute approximate surface area is 166 Å². The van der Waals surface area contributed by atoms with Gasteiger partial charge in [-0.25, -0.2) is 4.39 Å². The molecule has 2 aromatic rings. The maximum absolute atomic E-state index is 14.3. The Morgan fingerprint density at radius 1 is 1.00 bits per heavy atom. The smallest absolute Gasteiger partial charge is 0.126 e. The first kappa shape index (κ1) is 16.8. The molecule has 0 bridgehead atoms. The molecule has 1 N–H and O–H groups in total. The van der Waals surface area contributed by atoms with Crippen LogP contribution < -0.4 is 10.2 Å². The largest absolute Gasteiger partial charge is 0.366 e. The van der Waals surface area contributed by atoms with E-state index in [9.17, 15) is 4.39 Å². The summed E-state index contributed by atoms with van der Waals surface area (Å²) < 4.78 is 14.3. The topological polar surface area (TPSA) is 18.5 Å². The van der Waals surface area contributed by atoms with E-state index in [4.69, 9.17) is 0 Å². The molecule has 0 radical (unpaired) electrons. The third-order valence-electron chi connectivity index (χ3n) is 7.62. The highest BCUT2D eigenvalue weighted by atomic mass is 19.1. The SMILES string of the molecule is Fc1ccc2c3c1CCCC3CC2N1CCC(N2CNc3ccccc32)CC1. The third kappa shape index (κ3) is 2.50. The van der Waals surface area contributed by atoms with E-state index in [0.29, 0.717) is 18.0 Å². The first-order chi connectivity index (χ1) is 13.8. The zero-order chi connectivity index (χ0) is 18.7. The number of anilines is 2. The Kier molecular flexibility index (Phi) is 3.90. The molecule has 2 atom stereocenters. The van der Waals surface area contributed by atoms with Crippen LogP contribution in [0.3, 0.4) is 0 Å². The van der Waals surface area contributed by atoms with Crippen LogP contribution in [0, 0.1) is 5.82 Å². The minimum absolute atomic E-state index is 0.0306. The number of fused-ring (bicyclic) bond motifs is 1. The second kappa shape index (κ2) is 6.48. The number of hydrogen-bond acceptors (Lipinski definition) is 3. The molecule has 0 saturated carbocycles. The lowest BCUT2D eigenvalue weighted by Crippen LogP contribution is -2.45. The highest BCUT2D eigenvalue weighted by Gasteiger charge is 2.40. The Morgan fingerprint density at radius 2 is 1.86 bits per heavy atom. The summed E-state index contributed by atoms with van der Waals surface area (Å²) in [6.07, 6.45) is 6.94. The van der Waals surface area contributed by atoms with Crippen molar-refractivity contribution in [3.8, 4) is 0 Å². The molecule has 28 heavy (non-hydrogen) atoms. The summed E-state index contributed by atoms with van der Waals surface area (Å²) in [7, 11) is 0. The van der Waals surface area contributed by atoms with E-state index in [-0.39, 0.29) is 5.82 Å². The summed E-state index contributed by atoms with van der Waals surface area (Å²) in [5.41, 5.74) is 6.48. The first-order valence-electron chi connectivity index (χ1n) is 10.9. The molecule has 2 heterocycles. The van der Waals surface area contributed by atoms with Crippen molar-refractivity contribution >= 4 is 11.4 Å². The van der Waals surface area contributed by atoms with Crippen molar-refractivity contribution in [3.05, 3.63) is 58.9 Å². The highest BCUT2D eigenvalue weighted by molar-refractivity contribution is 5.74. The Balaban J connectivity index is 1.20. The molecule has 4 heteroatoms. The van der Waals surface area contributed by atoms with Gasteiger partial charge in [-0.15, -0.1) is 0 Å². The van der Waals surface area contributed by atoms with Crippen LogP contribution in [0.2, 0.25) is 0 Å². The minimum atomic E-state index is 0.0306. The van der Waals surface area contributed by atoms with Gasteiger partial charge in [-0.3, -0.25) is 4.90 Å². The zero-order valence-electron chi connectivity index (χ0n) is 16.3. The van der Waals surface area contributed by atoms with Crippen LogP contribution in [0.25, 0.3) is 0 Å². The number of likely N-dealkylation sites (tertiary alicyclic amines) is 1. The summed E-state index contributed by atoms with van der Waals surface area (Å²) >= 11 is 0. The average Bonchev–Trinajstić information content (AvgIpc) is 3.34. The number of nitrogens with zero attached hydrogens (tertiary/aromatic N) is 2. The van der Waals surface area contributed by atoms with Gasteiger partial charge in [-0.2, -0.15) is 0 Å². The molecule has 2 unspecified atom stereocenters. The van der Waals surface area contributed by atoms with Crippen molar-refractivity contribution in [3.63, 3.8) is 0 Å². The lowest BCUT2D eigenvalue weighted by atomic mass is 9.84. The van der Waals surface area contributed by atoms with Gasteiger partial charge in [-0.1, -0.05) is 18.2 Å². The van der Waals surface area contributed by atoms with Gasteiger partial charge >= 0.3 is 0 Å². The van der Waals surface area contributed by atoms with Crippen molar-refractivity contribution in [2.45, 2.75) is 56.5 Å². The van der Waals surface area contributed by atoms with E-state index >= 15 is 0 Å². The van der Waals surface area contributed by atoms with Crippen LogP contribution in [0.4, 0.5) is 15.8 Å². The maximum atomic E-state index is 14.3. The molecule has 2 aromatic carbocycles. The van der Waals surface area contributed by atoms with Gasteiger partial charge in [-0.05, 0) is 79.3 Å². The molecule has 0 amide bonds. The maximum Gasteiger partial charge on any atom is 0.126 e. The van der Waals surface area contributed by atoms with Crippen molar-refractivity contribution in [1.82, 2.24) is 4.90 Å². The van der Waals surface area contributed by atoms with Crippen LogP contribution in [-0.2, 0) is 6.42 Å². The fourth-order valence-corrected chi connectivity index (χ4v) is 6.29. The monoisotopic (exact) mass is 377 g/mol. The Morgan fingerprint density at radius 3 is 2.75 bits per heavy atom. The van der Waals surface area contributed by atoms with Gasteiger partial charge in [0, 0.05) is 25.2 Å². The van der Waals surface area contributed by atoms with E-state index in [1.807, 2.05) is 0 Å². The highest BCUT2D eigenvalue weighted by Crippen LogP contribution is 2.50. The number of para-hydroxylation sites is 2. The molecule has 4 aliphatic rings. The van der Waals surface area contributed by atoms with Crippen molar-refractivity contribution < 1.29 is 4.39 Å². The number of benzene rings is 2. The Hall–Kier alpha value is -2.07. The van der Waals surface area contributed by atoms with E-state index in [1.54, 1.807) is 6.07 Å². The summed E-state index contributed by atoms with van der Waals surface area (Å²) in [5, 5.41) is 3.54. The molecule has 2 aliphatic carbocycles. The quantitative estimate of drug-likeness (QED) is 0.791. The summed E-state index contributed by atoms with van der Waals surface area (Å²) in [5.74, 6) is 0.620. The van der Waals surface area contributed by atoms with Crippen LogP contribution in [-0.4, -0.2) is 30.7 Å². The van der Waals surface area contributed by atoms with E-state index in [0.717, 1.165) is 38.2 Å². The van der Waals surface area contributed by atoms with Crippen LogP contribution in [0.15, 0.2) is 36.4 Å². The van der Waals surface area contributed by atoms with Crippen molar-refractivity contribution in [1.29, 1.82) is 0 Å². The third-order valence-corrected chi connectivity index (χ3v) is 7.62. The molecule has 0 aromatic heterocycles. The molecule has 3 nitrogen and oxygen atoms in total. The van der Waals surface area contributed by atoms with Crippen LogP contribution in [0.1, 0.15) is 60.8 Å². The van der Waals surface area contributed by atoms with Gasteiger partial charge < -0.3 is 10.2 Å². The number of rotatable bonds is 2. The van der Waals surface area contributed by atoms with E-state index in [1.165, 1.54) is 48.2 Å². The number of halogens is 1. The standard InChI is InChI=1S/C24H28FN3/c25-20-9-8-19-23(14-16-4-3-5-18(20)24(16)19)27-12-10-17(11-13-27)28-15-26-21-6-1-2-7-22(21)28/h1-2,6-9,16-17,23,26H,3-5,10-15H2. The Bertz CT molecular complexity index is 903. The minimum Gasteiger partial charge on any atom is -0.366 e. The zero-order valence-corrected chi connectivity index (χ0v) is 16.3. The van der Waals surface area contributed by atoms with E-state index in [2.05, 4.69) is 45.4 Å². The fraction of sp³-hybridized carbons (Fsp3) is 0.500. The molecule has 1 saturated heterocycles. The van der Waals surface area contributed by atoms with Crippen molar-refractivity contribution in [2.24, 2.45) is 0 Å². The van der Waals surface area contributed by atoms with Gasteiger partial charge in [0.15, 0.2) is 0 Å². The van der Waals surface area contributed by atoms with Crippen molar-refractivity contribution in [2.75, 3.05) is 30.0 Å². The molecule has 2 aliphatic heterocycles. The molecule has 146 valence electrons. The van der Waals surface area contributed by atoms with E-state index < -0.39 is 0 Å². The average molecular weight is 378 g/mol. The number of piperidine rings is 1. The number of nitrogens with one attached hydrogen (secondary N) is 1. The van der Waals surface area contributed by atoms with Gasteiger partial charge in [0.2, 0.25) is 0 Å². The second-order valence-electron chi connectivity index (χ2n) is 8.96. The summed E-state index contributed by atoms with van der Waals surface area (Å²) in [6.45, 7) is 3.22. The lowest BCUT2D eigenvalue weighted by Gasteiger charge is -2.40. The predicted octanol–water partition coefficient (Wildman–Crippen LogP) is 5.04. The molecule has 6 rings (SSSR count). The molecular weight excluding hydrogens is 349 g/mol. The fourth-order valence-electron chi connectivity index (χ4n) is 6.29. The van der Waals surface area contributed by atoms with Gasteiger partial charge in [0.05, 0.1) is 18.0 Å². The van der Waals surface area contributed by atoms with Crippen LogP contribution >= 0.6 is 0 Å². The second-order valence-corrected chi connectivity index (χ2v) is 8.96. The predicted molar refractivity (Wildman–Crippen MR) is 111 cm³/mol. The molecule has 1 fully saturated rings. The summed E-state index contributed by atoms with van der Waals surface area (Å²) in [4.78, 5) is 5.25. The normalized spacial score (nSPS) is 26.8. The first-order valence-corrected chi connectivity index (χ1v) is 10.9. The van der Waals surface area contributed by atoms with Gasteiger partial charge in [0.25, 0.3) is 0 Å². The molecular formula is C24H28FN3. The molecule has 0 spiro atoms. The number of hydrogen-bond donors (Lipinski definition) is 1.